The Morgan fingerprint density at radius 2 is 2.30 bits per heavy atom. The number of halogens is 2. The lowest BCUT2D eigenvalue weighted by atomic mass is 9.98. The van der Waals surface area contributed by atoms with E-state index < -0.39 is 0 Å². The lowest BCUT2D eigenvalue weighted by molar-refractivity contribution is 0.427. The van der Waals surface area contributed by atoms with Crippen molar-refractivity contribution in [3.05, 3.63) is 28.0 Å². The molecule has 0 radical (unpaired) electrons. The molecule has 1 aliphatic heterocycles. The SMILES string of the molecule is CNCCC1CCCCN1c1ccc(C#N)c(Br)c1F. The number of nitrogens with one attached hydrogen (secondary N) is 1. The summed E-state index contributed by atoms with van der Waals surface area (Å²) in [6.45, 7) is 1.81. The highest BCUT2D eigenvalue weighted by molar-refractivity contribution is 9.10. The Balaban J connectivity index is 2.28. The molecule has 20 heavy (non-hydrogen) atoms. The lowest BCUT2D eigenvalue weighted by Gasteiger charge is -2.38. The zero-order valence-electron chi connectivity index (χ0n) is 11.6. The third kappa shape index (κ3) is 3.13. The first-order valence-electron chi connectivity index (χ1n) is 6.98. The highest BCUT2D eigenvalue weighted by Crippen LogP contribution is 2.33. The summed E-state index contributed by atoms with van der Waals surface area (Å²) < 4.78 is 14.7. The van der Waals surface area contributed by atoms with Crippen LogP contribution in [0.2, 0.25) is 0 Å². The van der Waals surface area contributed by atoms with Crippen LogP contribution in [0.3, 0.4) is 0 Å². The molecule has 3 nitrogen and oxygen atoms in total. The fraction of sp³-hybridized carbons (Fsp3) is 0.533. The van der Waals surface area contributed by atoms with Crippen molar-refractivity contribution in [2.24, 2.45) is 0 Å². The highest BCUT2D eigenvalue weighted by Gasteiger charge is 2.25. The number of benzene rings is 1. The Morgan fingerprint density at radius 1 is 1.50 bits per heavy atom. The monoisotopic (exact) mass is 339 g/mol. The van der Waals surface area contributed by atoms with Gasteiger partial charge in [-0.2, -0.15) is 5.26 Å². The van der Waals surface area contributed by atoms with Gasteiger partial charge in [-0.05, 0) is 67.3 Å². The molecule has 0 saturated carbocycles. The predicted octanol–water partition coefficient (Wildman–Crippen LogP) is 3.43. The van der Waals surface area contributed by atoms with Crippen molar-refractivity contribution < 1.29 is 4.39 Å². The van der Waals surface area contributed by atoms with Crippen molar-refractivity contribution in [3.63, 3.8) is 0 Å². The first-order valence-corrected chi connectivity index (χ1v) is 7.77. The van der Waals surface area contributed by atoms with Gasteiger partial charge < -0.3 is 10.2 Å². The van der Waals surface area contributed by atoms with E-state index in [2.05, 4.69) is 26.1 Å². The second kappa shape index (κ2) is 7.05. The van der Waals surface area contributed by atoms with E-state index in [1.807, 2.05) is 13.1 Å². The van der Waals surface area contributed by atoms with Crippen LogP contribution >= 0.6 is 15.9 Å². The average molecular weight is 340 g/mol. The van der Waals surface area contributed by atoms with Crippen LogP contribution in [-0.2, 0) is 0 Å². The Kier molecular flexibility index (Phi) is 5.38. The molecule has 1 aliphatic rings. The summed E-state index contributed by atoms with van der Waals surface area (Å²) in [6.07, 6.45) is 4.39. The molecule has 1 unspecified atom stereocenters. The van der Waals surface area contributed by atoms with Gasteiger partial charge in [0.2, 0.25) is 0 Å². The van der Waals surface area contributed by atoms with Crippen LogP contribution in [0.5, 0.6) is 0 Å². The Hall–Kier alpha value is -1.12. The lowest BCUT2D eigenvalue weighted by Crippen LogP contribution is -2.41. The van der Waals surface area contributed by atoms with Crippen molar-refractivity contribution in [1.29, 1.82) is 5.26 Å². The predicted molar refractivity (Wildman–Crippen MR) is 82.3 cm³/mol. The number of rotatable bonds is 4. The molecule has 0 aliphatic carbocycles. The molecule has 2 rings (SSSR count). The summed E-state index contributed by atoms with van der Waals surface area (Å²) >= 11 is 3.19. The van der Waals surface area contributed by atoms with E-state index >= 15 is 0 Å². The van der Waals surface area contributed by atoms with Gasteiger partial charge in [0.25, 0.3) is 0 Å². The Bertz CT molecular complexity index is 513. The van der Waals surface area contributed by atoms with E-state index in [0.29, 0.717) is 17.3 Å². The molecular weight excluding hydrogens is 321 g/mol. The molecule has 108 valence electrons. The number of nitriles is 1. The summed E-state index contributed by atoms with van der Waals surface area (Å²) in [6, 6.07) is 5.78. The Labute approximate surface area is 127 Å². The zero-order chi connectivity index (χ0) is 14.5. The van der Waals surface area contributed by atoms with Crippen molar-refractivity contribution in [2.75, 3.05) is 25.0 Å². The van der Waals surface area contributed by atoms with Crippen LogP contribution in [0, 0.1) is 17.1 Å². The van der Waals surface area contributed by atoms with Gasteiger partial charge in [-0.1, -0.05) is 0 Å². The molecule has 0 spiro atoms. The minimum Gasteiger partial charge on any atom is -0.366 e. The Morgan fingerprint density at radius 3 is 3.00 bits per heavy atom. The molecule has 0 amide bonds. The summed E-state index contributed by atoms with van der Waals surface area (Å²) in [7, 11) is 1.94. The van der Waals surface area contributed by atoms with Gasteiger partial charge in [0.15, 0.2) is 5.82 Å². The van der Waals surface area contributed by atoms with Crippen LogP contribution in [-0.4, -0.2) is 26.2 Å². The van der Waals surface area contributed by atoms with E-state index in [1.165, 1.54) is 6.42 Å². The van der Waals surface area contributed by atoms with Crippen LogP contribution in [0.15, 0.2) is 16.6 Å². The minimum absolute atomic E-state index is 0.274. The summed E-state index contributed by atoms with van der Waals surface area (Å²) in [5.74, 6) is -0.319. The van der Waals surface area contributed by atoms with Gasteiger partial charge in [0.1, 0.15) is 6.07 Å². The van der Waals surface area contributed by atoms with Gasteiger partial charge in [0.05, 0.1) is 15.7 Å². The van der Waals surface area contributed by atoms with Gasteiger partial charge in [-0.25, -0.2) is 4.39 Å². The molecule has 1 aromatic rings. The molecule has 1 atom stereocenters. The molecule has 1 heterocycles. The third-order valence-corrected chi connectivity index (χ3v) is 4.62. The number of hydrogen-bond acceptors (Lipinski definition) is 3. The molecule has 1 fully saturated rings. The quantitative estimate of drug-likeness (QED) is 0.913. The summed E-state index contributed by atoms with van der Waals surface area (Å²) in [4.78, 5) is 2.15. The molecule has 0 aromatic heterocycles. The van der Waals surface area contributed by atoms with E-state index in [-0.39, 0.29) is 10.3 Å². The minimum atomic E-state index is -0.319. The normalized spacial score (nSPS) is 18.9. The maximum absolute atomic E-state index is 14.5. The number of hydrogen-bond donors (Lipinski definition) is 1. The first-order chi connectivity index (χ1) is 9.69. The fourth-order valence-corrected chi connectivity index (χ4v) is 3.20. The van der Waals surface area contributed by atoms with Crippen LogP contribution in [0.25, 0.3) is 0 Å². The maximum atomic E-state index is 14.5. The van der Waals surface area contributed by atoms with Crippen LogP contribution in [0.1, 0.15) is 31.2 Å². The van der Waals surface area contributed by atoms with E-state index in [9.17, 15) is 4.39 Å². The average Bonchev–Trinajstić information content (AvgIpc) is 2.48. The molecule has 0 bridgehead atoms. The number of piperidine rings is 1. The van der Waals surface area contributed by atoms with E-state index in [1.54, 1.807) is 12.1 Å². The molecular formula is C15H19BrFN3. The maximum Gasteiger partial charge on any atom is 0.161 e. The molecule has 1 saturated heterocycles. The van der Waals surface area contributed by atoms with Crippen LogP contribution in [0.4, 0.5) is 10.1 Å². The van der Waals surface area contributed by atoms with Gasteiger partial charge in [0, 0.05) is 12.6 Å². The first kappa shape index (κ1) is 15.3. The summed E-state index contributed by atoms with van der Waals surface area (Å²) in [5, 5.41) is 12.1. The second-order valence-corrected chi connectivity index (χ2v) is 5.90. The largest absolute Gasteiger partial charge is 0.366 e. The standard InChI is InChI=1S/C15H19BrFN3/c1-19-8-7-12-4-2-3-9-20(12)13-6-5-11(10-18)14(16)15(13)17/h5-6,12,19H,2-4,7-9H2,1H3. The van der Waals surface area contributed by atoms with E-state index in [0.717, 1.165) is 32.4 Å². The molecule has 5 heteroatoms. The van der Waals surface area contributed by atoms with E-state index in [4.69, 9.17) is 5.26 Å². The third-order valence-electron chi connectivity index (χ3n) is 3.85. The van der Waals surface area contributed by atoms with Crippen molar-refractivity contribution in [2.45, 2.75) is 31.7 Å². The van der Waals surface area contributed by atoms with Crippen molar-refractivity contribution >= 4 is 21.6 Å². The van der Waals surface area contributed by atoms with Crippen LogP contribution < -0.4 is 10.2 Å². The number of anilines is 1. The highest BCUT2D eigenvalue weighted by atomic mass is 79.9. The number of nitrogens with zero attached hydrogens (tertiary/aromatic N) is 2. The summed E-state index contributed by atoms with van der Waals surface area (Å²) in [5.41, 5.74) is 0.951. The fourth-order valence-electron chi connectivity index (χ4n) is 2.78. The second-order valence-electron chi connectivity index (χ2n) is 5.11. The topological polar surface area (TPSA) is 39.1 Å². The van der Waals surface area contributed by atoms with Crippen molar-refractivity contribution in [1.82, 2.24) is 5.32 Å². The van der Waals surface area contributed by atoms with Gasteiger partial charge in [-0.3, -0.25) is 0 Å². The van der Waals surface area contributed by atoms with Gasteiger partial charge in [-0.15, -0.1) is 0 Å². The smallest absolute Gasteiger partial charge is 0.161 e. The van der Waals surface area contributed by atoms with Crippen molar-refractivity contribution in [3.8, 4) is 6.07 Å². The molecule has 1 aromatic carbocycles. The zero-order valence-corrected chi connectivity index (χ0v) is 13.2. The molecule has 1 N–H and O–H groups in total. The van der Waals surface area contributed by atoms with Gasteiger partial charge >= 0.3 is 0 Å².